The Hall–Kier alpha value is -0.440. The molecule has 2 aromatic rings. The molecule has 0 radical (unpaired) electrons. The first-order valence-electron chi connectivity index (χ1n) is 5.09. The zero-order valence-electron chi connectivity index (χ0n) is 9.32. The lowest BCUT2D eigenvalue weighted by Gasteiger charge is -2.06. The lowest BCUT2D eigenvalue weighted by atomic mass is 10.2. The van der Waals surface area contributed by atoms with Gasteiger partial charge in [-0.2, -0.15) is 0 Å². The van der Waals surface area contributed by atoms with Gasteiger partial charge in [-0.3, -0.25) is 10.1 Å². The van der Waals surface area contributed by atoms with E-state index in [1.54, 1.807) is 23.5 Å². The molecule has 1 N–H and O–H groups in total. The van der Waals surface area contributed by atoms with Crippen LogP contribution in [-0.4, -0.2) is 4.92 Å². The summed E-state index contributed by atoms with van der Waals surface area (Å²) < 4.78 is 2.68. The van der Waals surface area contributed by atoms with Crippen molar-refractivity contribution in [2.75, 3.05) is 5.32 Å². The highest BCUT2D eigenvalue weighted by Gasteiger charge is 2.14. The third-order valence-electron chi connectivity index (χ3n) is 2.31. The van der Waals surface area contributed by atoms with Crippen LogP contribution in [0.4, 0.5) is 11.4 Å². The van der Waals surface area contributed by atoms with E-state index >= 15 is 0 Å². The fraction of sp³-hybridized carbons (Fsp3) is 0.0909. The van der Waals surface area contributed by atoms with Crippen molar-refractivity contribution in [1.29, 1.82) is 0 Å². The van der Waals surface area contributed by atoms with E-state index in [-0.39, 0.29) is 5.69 Å². The number of anilines is 1. The Morgan fingerprint density at radius 1 is 1.26 bits per heavy atom. The molecule has 0 aliphatic carbocycles. The molecule has 8 heteroatoms. The topological polar surface area (TPSA) is 55.2 Å². The first-order chi connectivity index (χ1) is 8.97. The summed E-state index contributed by atoms with van der Waals surface area (Å²) in [5, 5.41) is 14.1. The minimum Gasteiger partial charge on any atom is -0.375 e. The molecule has 1 aromatic heterocycles. The standard InChI is InChI=1S/C11H7Br3N2O2S/c12-6-1-2-9(10(3-6)16(17)18)15-5-7-4-8(13)11(14)19-7/h1-4,15H,5H2. The van der Waals surface area contributed by atoms with Crippen molar-refractivity contribution in [3.05, 3.63) is 52.0 Å². The smallest absolute Gasteiger partial charge is 0.293 e. The summed E-state index contributed by atoms with van der Waals surface area (Å²) in [4.78, 5) is 11.7. The number of hydrogen-bond acceptors (Lipinski definition) is 4. The van der Waals surface area contributed by atoms with Crippen LogP contribution in [0.15, 0.2) is 37.0 Å². The largest absolute Gasteiger partial charge is 0.375 e. The van der Waals surface area contributed by atoms with Gasteiger partial charge in [-0.25, -0.2) is 0 Å². The number of thiophene rings is 1. The summed E-state index contributed by atoms with van der Waals surface area (Å²) in [5.74, 6) is 0. The van der Waals surface area contributed by atoms with Crippen LogP contribution in [0.2, 0.25) is 0 Å². The minimum atomic E-state index is -0.395. The van der Waals surface area contributed by atoms with E-state index in [2.05, 4.69) is 53.1 Å². The van der Waals surface area contributed by atoms with Crippen LogP contribution in [0.25, 0.3) is 0 Å². The van der Waals surface area contributed by atoms with Crippen molar-refractivity contribution < 1.29 is 4.92 Å². The van der Waals surface area contributed by atoms with E-state index in [1.165, 1.54) is 6.07 Å². The zero-order valence-corrected chi connectivity index (χ0v) is 14.9. The number of nitro groups is 1. The molecular weight excluding hydrogens is 464 g/mol. The number of nitrogens with zero attached hydrogens (tertiary/aromatic N) is 1. The molecule has 0 saturated carbocycles. The van der Waals surface area contributed by atoms with Gasteiger partial charge in [0.25, 0.3) is 5.69 Å². The highest BCUT2D eigenvalue weighted by Crippen LogP contribution is 2.34. The Kier molecular flexibility index (Phi) is 4.99. The quantitative estimate of drug-likeness (QED) is 0.470. The molecule has 1 heterocycles. The Labute approximate surface area is 138 Å². The van der Waals surface area contributed by atoms with Crippen molar-refractivity contribution in [1.82, 2.24) is 0 Å². The van der Waals surface area contributed by atoms with Crippen LogP contribution in [-0.2, 0) is 6.54 Å². The highest BCUT2D eigenvalue weighted by molar-refractivity contribution is 9.13. The molecule has 0 unspecified atom stereocenters. The molecule has 2 rings (SSSR count). The lowest BCUT2D eigenvalue weighted by Crippen LogP contribution is -2.01. The van der Waals surface area contributed by atoms with E-state index in [9.17, 15) is 10.1 Å². The summed E-state index contributed by atoms with van der Waals surface area (Å²) >= 11 is 11.6. The van der Waals surface area contributed by atoms with Gasteiger partial charge in [0.1, 0.15) is 5.69 Å². The Morgan fingerprint density at radius 2 is 2.00 bits per heavy atom. The van der Waals surface area contributed by atoms with Gasteiger partial charge in [0.15, 0.2) is 0 Å². The molecule has 0 aliphatic rings. The number of rotatable bonds is 4. The molecule has 100 valence electrons. The summed E-state index contributed by atoms with van der Waals surface area (Å²) in [6, 6.07) is 6.94. The molecule has 0 amide bonds. The SMILES string of the molecule is O=[N+]([O-])c1cc(Br)ccc1NCc1cc(Br)c(Br)s1. The zero-order chi connectivity index (χ0) is 14.0. The number of nitrogens with one attached hydrogen (secondary N) is 1. The third-order valence-corrected chi connectivity index (χ3v) is 6.06. The molecule has 0 atom stereocenters. The number of benzene rings is 1. The number of hydrogen-bond donors (Lipinski definition) is 1. The Morgan fingerprint density at radius 3 is 2.58 bits per heavy atom. The molecule has 1 aromatic carbocycles. The van der Waals surface area contributed by atoms with Gasteiger partial charge in [0, 0.05) is 26.4 Å². The average Bonchev–Trinajstić information content (AvgIpc) is 2.67. The van der Waals surface area contributed by atoms with Gasteiger partial charge in [-0.05, 0) is 50.1 Å². The summed E-state index contributed by atoms with van der Waals surface area (Å²) in [7, 11) is 0. The maximum Gasteiger partial charge on any atom is 0.293 e. The van der Waals surface area contributed by atoms with Gasteiger partial charge >= 0.3 is 0 Å². The molecule has 0 bridgehead atoms. The normalized spacial score (nSPS) is 10.5. The fourth-order valence-corrected chi connectivity index (χ4v) is 3.93. The Bertz CT molecular complexity index is 611. The summed E-state index contributed by atoms with van der Waals surface area (Å²) in [5.41, 5.74) is 0.568. The van der Waals surface area contributed by atoms with Crippen molar-refractivity contribution in [3.63, 3.8) is 0 Å². The second-order valence-electron chi connectivity index (χ2n) is 3.61. The summed E-state index contributed by atoms with van der Waals surface area (Å²) in [6.45, 7) is 0.539. The average molecular weight is 471 g/mol. The molecule has 0 aliphatic heterocycles. The predicted octanol–water partition coefficient (Wildman–Crippen LogP) is 5.56. The fourth-order valence-electron chi connectivity index (χ4n) is 1.47. The van der Waals surface area contributed by atoms with Crippen LogP contribution < -0.4 is 5.32 Å². The predicted molar refractivity (Wildman–Crippen MR) is 87.8 cm³/mol. The van der Waals surface area contributed by atoms with Crippen LogP contribution >= 0.6 is 59.1 Å². The molecular formula is C11H7Br3N2O2S. The molecule has 0 saturated heterocycles. The van der Waals surface area contributed by atoms with E-state index < -0.39 is 4.92 Å². The van der Waals surface area contributed by atoms with Gasteiger partial charge in [-0.1, -0.05) is 15.9 Å². The third kappa shape index (κ3) is 3.77. The Balaban J connectivity index is 2.17. The van der Waals surface area contributed by atoms with E-state index in [4.69, 9.17) is 0 Å². The molecule has 19 heavy (non-hydrogen) atoms. The minimum absolute atomic E-state index is 0.0593. The monoisotopic (exact) mass is 468 g/mol. The van der Waals surface area contributed by atoms with Gasteiger partial charge in [0.2, 0.25) is 0 Å². The number of halogens is 3. The van der Waals surface area contributed by atoms with Gasteiger partial charge in [-0.15, -0.1) is 11.3 Å². The van der Waals surface area contributed by atoms with Crippen LogP contribution in [0.1, 0.15) is 4.88 Å². The van der Waals surface area contributed by atoms with Crippen LogP contribution in [0, 0.1) is 10.1 Å². The van der Waals surface area contributed by atoms with Crippen molar-refractivity contribution in [2.45, 2.75) is 6.54 Å². The van der Waals surface area contributed by atoms with Gasteiger partial charge in [0.05, 0.1) is 8.71 Å². The van der Waals surface area contributed by atoms with E-state index in [1.807, 2.05) is 6.07 Å². The van der Waals surface area contributed by atoms with E-state index in [0.29, 0.717) is 16.7 Å². The molecule has 4 nitrogen and oxygen atoms in total. The maximum absolute atomic E-state index is 11.0. The van der Waals surface area contributed by atoms with Crippen molar-refractivity contribution >= 4 is 70.5 Å². The highest BCUT2D eigenvalue weighted by atomic mass is 79.9. The first kappa shape index (κ1) is 15.0. The number of nitro benzene ring substituents is 1. The van der Waals surface area contributed by atoms with Crippen LogP contribution in [0.5, 0.6) is 0 Å². The van der Waals surface area contributed by atoms with E-state index in [0.717, 1.165) is 13.1 Å². The first-order valence-corrected chi connectivity index (χ1v) is 8.28. The second kappa shape index (κ2) is 6.34. The molecule has 0 spiro atoms. The lowest BCUT2D eigenvalue weighted by molar-refractivity contribution is -0.384. The van der Waals surface area contributed by atoms with Crippen molar-refractivity contribution in [2.24, 2.45) is 0 Å². The molecule has 0 fully saturated rings. The summed E-state index contributed by atoms with van der Waals surface area (Å²) in [6.07, 6.45) is 0. The second-order valence-corrected chi connectivity index (χ2v) is 7.83. The maximum atomic E-state index is 11.0. The van der Waals surface area contributed by atoms with Crippen LogP contribution in [0.3, 0.4) is 0 Å². The van der Waals surface area contributed by atoms with Crippen molar-refractivity contribution in [3.8, 4) is 0 Å². The van der Waals surface area contributed by atoms with Gasteiger partial charge < -0.3 is 5.32 Å².